The van der Waals surface area contributed by atoms with Crippen molar-refractivity contribution in [3.63, 3.8) is 0 Å². The molecule has 1 saturated carbocycles. The summed E-state index contributed by atoms with van der Waals surface area (Å²) in [4.78, 5) is 12.2. The molecule has 0 aliphatic heterocycles. The molecule has 1 amide bonds. The third-order valence-electron chi connectivity index (χ3n) is 4.08. The molecular formula is C14H24N4O. The lowest BCUT2D eigenvalue weighted by molar-refractivity contribution is 0.0933. The Morgan fingerprint density at radius 3 is 2.95 bits per heavy atom. The summed E-state index contributed by atoms with van der Waals surface area (Å²) in [6.45, 7) is 6.07. The summed E-state index contributed by atoms with van der Waals surface area (Å²) < 4.78 is 1.75. The molecule has 1 heterocycles. The number of nitrogens with one attached hydrogen (secondary N) is 1. The fourth-order valence-corrected chi connectivity index (χ4v) is 2.98. The van der Waals surface area contributed by atoms with Crippen LogP contribution in [0.1, 0.15) is 42.4 Å². The Morgan fingerprint density at radius 2 is 2.26 bits per heavy atom. The van der Waals surface area contributed by atoms with Crippen molar-refractivity contribution in [2.75, 3.05) is 13.1 Å². The highest BCUT2D eigenvalue weighted by molar-refractivity contribution is 5.92. The summed E-state index contributed by atoms with van der Waals surface area (Å²) in [7, 11) is 0. The van der Waals surface area contributed by atoms with Gasteiger partial charge in [-0.1, -0.05) is 6.42 Å². The number of nitrogens with two attached hydrogens (primary N) is 1. The molecule has 19 heavy (non-hydrogen) atoms. The first-order chi connectivity index (χ1) is 9.15. The highest BCUT2D eigenvalue weighted by Gasteiger charge is 2.26. The van der Waals surface area contributed by atoms with E-state index in [-0.39, 0.29) is 5.91 Å². The van der Waals surface area contributed by atoms with Gasteiger partial charge in [0, 0.05) is 13.1 Å². The lowest BCUT2D eigenvalue weighted by Crippen LogP contribution is -2.33. The molecule has 5 heteroatoms. The third kappa shape index (κ3) is 3.15. The van der Waals surface area contributed by atoms with Gasteiger partial charge >= 0.3 is 0 Å². The van der Waals surface area contributed by atoms with Gasteiger partial charge in [0.2, 0.25) is 0 Å². The highest BCUT2D eigenvalue weighted by atomic mass is 16.2. The molecule has 0 radical (unpaired) electrons. The Hall–Kier alpha value is -1.36. The summed E-state index contributed by atoms with van der Waals surface area (Å²) in [5.41, 5.74) is 7.30. The molecule has 0 spiro atoms. The van der Waals surface area contributed by atoms with Gasteiger partial charge in [-0.3, -0.25) is 9.48 Å². The van der Waals surface area contributed by atoms with Gasteiger partial charge in [0.1, 0.15) is 5.69 Å². The van der Waals surface area contributed by atoms with Gasteiger partial charge in [-0.2, -0.15) is 5.10 Å². The second-order valence-electron chi connectivity index (χ2n) is 5.38. The molecule has 1 aliphatic rings. The van der Waals surface area contributed by atoms with Crippen LogP contribution in [0, 0.1) is 18.8 Å². The van der Waals surface area contributed by atoms with Crippen LogP contribution in [0.15, 0.2) is 6.07 Å². The van der Waals surface area contributed by atoms with Crippen LogP contribution >= 0.6 is 0 Å². The van der Waals surface area contributed by atoms with Crippen molar-refractivity contribution >= 4 is 5.91 Å². The normalized spacial score (nSPS) is 22.7. The lowest BCUT2D eigenvalue weighted by Gasteiger charge is -2.18. The topological polar surface area (TPSA) is 72.9 Å². The van der Waals surface area contributed by atoms with Crippen LogP contribution < -0.4 is 11.1 Å². The van der Waals surface area contributed by atoms with E-state index in [1.165, 1.54) is 19.3 Å². The van der Waals surface area contributed by atoms with E-state index in [0.29, 0.717) is 24.1 Å². The minimum Gasteiger partial charge on any atom is -0.350 e. The molecule has 1 fully saturated rings. The molecule has 106 valence electrons. The van der Waals surface area contributed by atoms with Gasteiger partial charge in [-0.15, -0.1) is 0 Å². The third-order valence-corrected chi connectivity index (χ3v) is 4.08. The van der Waals surface area contributed by atoms with E-state index in [9.17, 15) is 4.79 Å². The molecule has 2 rings (SSSR count). The Bertz CT molecular complexity index is 441. The zero-order valence-electron chi connectivity index (χ0n) is 11.9. The van der Waals surface area contributed by atoms with Crippen LogP contribution in [-0.4, -0.2) is 28.8 Å². The van der Waals surface area contributed by atoms with E-state index in [4.69, 9.17) is 5.73 Å². The second-order valence-corrected chi connectivity index (χ2v) is 5.38. The van der Waals surface area contributed by atoms with Crippen molar-refractivity contribution in [1.82, 2.24) is 15.1 Å². The maximum Gasteiger partial charge on any atom is 0.269 e. The smallest absolute Gasteiger partial charge is 0.269 e. The zero-order valence-corrected chi connectivity index (χ0v) is 11.9. The molecule has 5 nitrogen and oxygen atoms in total. The van der Waals surface area contributed by atoms with E-state index < -0.39 is 0 Å². The van der Waals surface area contributed by atoms with Crippen LogP contribution in [0.2, 0.25) is 0 Å². The number of hydrogen-bond acceptors (Lipinski definition) is 3. The average molecular weight is 264 g/mol. The molecular weight excluding hydrogens is 240 g/mol. The number of nitrogens with zero attached hydrogens (tertiary/aromatic N) is 2. The van der Waals surface area contributed by atoms with Crippen LogP contribution in [0.4, 0.5) is 0 Å². The molecule has 0 aromatic carbocycles. The Kier molecular flexibility index (Phi) is 4.58. The molecule has 0 bridgehead atoms. The maximum atomic E-state index is 12.2. The number of amides is 1. The fraction of sp³-hybridized carbons (Fsp3) is 0.714. The summed E-state index contributed by atoms with van der Waals surface area (Å²) in [5.74, 6) is 1.08. The fourth-order valence-electron chi connectivity index (χ4n) is 2.98. The van der Waals surface area contributed by atoms with Crippen LogP contribution in [-0.2, 0) is 6.54 Å². The second kappa shape index (κ2) is 6.19. The highest BCUT2D eigenvalue weighted by Crippen LogP contribution is 2.30. The largest absolute Gasteiger partial charge is 0.350 e. The Labute approximate surface area is 114 Å². The van der Waals surface area contributed by atoms with Gasteiger partial charge in [0.05, 0.1) is 5.69 Å². The average Bonchev–Trinajstić information content (AvgIpc) is 3.01. The number of carbonyl (C=O) groups excluding carboxylic acids is 1. The van der Waals surface area contributed by atoms with Crippen LogP contribution in [0.25, 0.3) is 0 Å². The summed E-state index contributed by atoms with van der Waals surface area (Å²) in [6.07, 6.45) is 3.60. The summed E-state index contributed by atoms with van der Waals surface area (Å²) in [6, 6.07) is 1.84. The van der Waals surface area contributed by atoms with Gasteiger partial charge in [-0.05, 0) is 51.1 Å². The first-order valence-electron chi connectivity index (χ1n) is 7.18. The van der Waals surface area contributed by atoms with Crippen molar-refractivity contribution in [3.05, 3.63) is 17.5 Å². The number of rotatable bonds is 5. The Balaban J connectivity index is 1.94. The van der Waals surface area contributed by atoms with Gasteiger partial charge in [-0.25, -0.2) is 0 Å². The van der Waals surface area contributed by atoms with E-state index in [1.54, 1.807) is 4.68 Å². The van der Waals surface area contributed by atoms with Crippen LogP contribution in [0.5, 0.6) is 0 Å². The molecule has 2 atom stereocenters. The van der Waals surface area contributed by atoms with Gasteiger partial charge in [0.15, 0.2) is 0 Å². The van der Waals surface area contributed by atoms with Crippen molar-refractivity contribution in [1.29, 1.82) is 0 Å². The molecule has 0 saturated heterocycles. The maximum absolute atomic E-state index is 12.2. The standard InChI is InChI=1S/C14H24N4O/c1-3-18-13(7-10(2)17-18)14(19)16-9-12-6-4-5-11(12)8-15/h7,11-12H,3-6,8-9,15H2,1-2H3,(H,16,19). The number of aromatic nitrogens is 2. The summed E-state index contributed by atoms with van der Waals surface area (Å²) >= 11 is 0. The number of carbonyl (C=O) groups is 1. The monoisotopic (exact) mass is 264 g/mol. The lowest BCUT2D eigenvalue weighted by atomic mass is 9.96. The van der Waals surface area contributed by atoms with Gasteiger partial charge < -0.3 is 11.1 Å². The predicted molar refractivity (Wildman–Crippen MR) is 74.9 cm³/mol. The van der Waals surface area contributed by atoms with E-state index in [0.717, 1.165) is 18.8 Å². The van der Waals surface area contributed by atoms with Crippen molar-refractivity contribution < 1.29 is 4.79 Å². The molecule has 3 N–H and O–H groups in total. The quantitative estimate of drug-likeness (QED) is 0.842. The van der Waals surface area contributed by atoms with E-state index in [1.807, 2.05) is 19.9 Å². The summed E-state index contributed by atoms with van der Waals surface area (Å²) in [5, 5.41) is 7.33. The molecule has 1 aromatic rings. The molecule has 1 aromatic heterocycles. The van der Waals surface area contributed by atoms with Gasteiger partial charge in [0.25, 0.3) is 5.91 Å². The van der Waals surface area contributed by atoms with Crippen molar-refractivity contribution in [3.8, 4) is 0 Å². The first-order valence-corrected chi connectivity index (χ1v) is 7.18. The SMILES string of the molecule is CCn1nc(C)cc1C(=O)NCC1CCCC1CN. The van der Waals surface area contributed by atoms with E-state index >= 15 is 0 Å². The van der Waals surface area contributed by atoms with Crippen LogP contribution in [0.3, 0.4) is 0 Å². The number of aryl methyl sites for hydroxylation is 2. The minimum absolute atomic E-state index is 0.0230. The van der Waals surface area contributed by atoms with Crippen molar-refractivity contribution in [2.45, 2.75) is 39.7 Å². The first kappa shape index (κ1) is 14.1. The molecule has 1 aliphatic carbocycles. The Morgan fingerprint density at radius 1 is 1.53 bits per heavy atom. The van der Waals surface area contributed by atoms with Crippen molar-refractivity contribution in [2.24, 2.45) is 17.6 Å². The molecule has 2 unspecified atom stereocenters. The zero-order chi connectivity index (χ0) is 13.8. The minimum atomic E-state index is -0.0230. The van der Waals surface area contributed by atoms with E-state index in [2.05, 4.69) is 10.4 Å². The number of hydrogen-bond donors (Lipinski definition) is 2. The predicted octanol–water partition coefficient (Wildman–Crippen LogP) is 1.32.